The number of hydrogen-bond donors (Lipinski definition) is 2. The van der Waals surface area contributed by atoms with E-state index >= 15 is 0 Å². The molecule has 21 heavy (non-hydrogen) atoms. The Morgan fingerprint density at radius 2 is 2.14 bits per heavy atom. The number of benzene rings is 1. The van der Waals surface area contributed by atoms with Gasteiger partial charge in [-0.25, -0.2) is 13.1 Å². The van der Waals surface area contributed by atoms with Crippen LogP contribution in [0.4, 0.5) is 11.4 Å². The van der Waals surface area contributed by atoms with Crippen LogP contribution >= 0.6 is 0 Å². The molecule has 0 amide bonds. The topological polar surface area (TPSA) is 125 Å². The van der Waals surface area contributed by atoms with Crippen LogP contribution in [0.1, 0.15) is 19.3 Å². The van der Waals surface area contributed by atoms with Crippen LogP contribution in [0.15, 0.2) is 23.1 Å². The van der Waals surface area contributed by atoms with Gasteiger partial charge in [0.25, 0.3) is 0 Å². The van der Waals surface area contributed by atoms with E-state index in [2.05, 4.69) is 4.72 Å². The normalized spacial score (nSPS) is 17.2. The molecule has 8 nitrogen and oxygen atoms in total. The lowest BCUT2D eigenvalue weighted by molar-refractivity contribution is -0.386. The second kappa shape index (κ2) is 5.58. The van der Waals surface area contributed by atoms with Gasteiger partial charge in [-0.05, 0) is 31.4 Å². The zero-order valence-corrected chi connectivity index (χ0v) is 12.4. The van der Waals surface area contributed by atoms with Gasteiger partial charge in [-0.2, -0.15) is 0 Å². The van der Waals surface area contributed by atoms with E-state index in [1.54, 1.807) is 0 Å². The summed E-state index contributed by atoms with van der Waals surface area (Å²) in [6.07, 6.45) is 2.48. The number of nitrogen functional groups attached to an aromatic ring is 1. The number of nitrogens with zero attached hydrogens (tertiary/aromatic N) is 1. The number of hydrogen-bond acceptors (Lipinski definition) is 6. The van der Waals surface area contributed by atoms with Crippen molar-refractivity contribution in [2.75, 3.05) is 19.4 Å². The maximum Gasteiger partial charge on any atom is 0.312 e. The van der Waals surface area contributed by atoms with Crippen LogP contribution in [0.5, 0.6) is 0 Å². The minimum absolute atomic E-state index is 0.0811. The van der Waals surface area contributed by atoms with Gasteiger partial charge in [-0.1, -0.05) is 6.07 Å². The van der Waals surface area contributed by atoms with Gasteiger partial charge in [0.1, 0.15) is 5.69 Å². The molecule has 9 heteroatoms. The number of nitro groups is 1. The van der Waals surface area contributed by atoms with Gasteiger partial charge < -0.3 is 10.5 Å². The summed E-state index contributed by atoms with van der Waals surface area (Å²) in [6.45, 7) is 0.0811. The minimum Gasteiger partial charge on any atom is -0.393 e. The van der Waals surface area contributed by atoms with E-state index < -0.39 is 31.1 Å². The zero-order valence-electron chi connectivity index (χ0n) is 11.5. The highest BCUT2D eigenvalue weighted by Gasteiger charge is 2.39. The first-order valence-electron chi connectivity index (χ1n) is 6.39. The smallest absolute Gasteiger partial charge is 0.312 e. The summed E-state index contributed by atoms with van der Waals surface area (Å²) < 4.78 is 32.3. The van der Waals surface area contributed by atoms with Crippen LogP contribution in [0, 0.1) is 10.1 Å². The Balaban J connectivity index is 2.28. The van der Waals surface area contributed by atoms with Crippen molar-refractivity contribution in [3.8, 4) is 0 Å². The van der Waals surface area contributed by atoms with E-state index in [4.69, 9.17) is 10.5 Å². The third-order valence-corrected chi connectivity index (χ3v) is 5.22. The number of anilines is 1. The number of nitrogens with two attached hydrogens (primary N) is 1. The molecule has 2 rings (SSSR count). The first-order valence-corrected chi connectivity index (χ1v) is 7.87. The maximum atomic E-state index is 12.3. The molecule has 0 bridgehead atoms. The molecule has 0 unspecified atom stereocenters. The van der Waals surface area contributed by atoms with Crippen LogP contribution in [0.2, 0.25) is 0 Å². The summed E-state index contributed by atoms with van der Waals surface area (Å²) in [5.74, 6) is 0. The first-order chi connectivity index (χ1) is 9.81. The van der Waals surface area contributed by atoms with Crippen molar-refractivity contribution in [2.45, 2.75) is 29.8 Å². The molecule has 3 N–H and O–H groups in total. The molecule has 0 radical (unpaired) electrons. The molecular weight excluding hydrogens is 298 g/mol. The van der Waals surface area contributed by atoms with Crippen molar-refractivity contribution >= 4 is 21.4 Å². The maximum absolute atomic E-state index is 12.3. The fourth-order valence-corrected chi connectivity index (χ4v) is 3.59. The predicted molar refractivity (Wildman–Crippen MR) is 76.3 cm³/mol. The van der Waals surface area contributed by atoms with Crippen LogP contribution in [0.25, 0.3) is 0 Å². The fourth-order valence-electron chi connectivity index (χ4n) is 2.28. The second-order valence-electron chi connectivity index (χ2n) is 5.02. The molecule has 0 aromatic heterocycles. The number of sulfonamides is 1. The Hall–Kier alpha value is -1.71. The van der Waals surface area contributed by atoms with Crippen LogP contribution in [0.3, 0.4) is 0 Å². The van der Waals surface area contributed by atoms with E-state index in [9.17, 15) is 18.5 Å². The van der Waals surface area contributed by atoms with E-state index in [0.29, 0.717) is 0 Å². The molecule has 0 saturated heterocycles. The van der Waals surface area contributed by atoms with Gasteiger partial charge in [0.05, 0.1) is 10.5 Å². The van der Waals surface area contributed by atoms with Gasteiger partial charge in [0.2, 0.25) is 10.0 Å². The summed E-state index contributed by atoms with van der Waals surface area (Å²) in [4.78, 5) is 9.80. The van der Waals surface area contributed by atoms with Crippen LogP contribution in [-0.2, 0) is 14.8 Å². The lowest BCUT2D eigenvalue weighted by Crippen LogP contribution is -2.49. The van der Waals surface area contributed by atoms with Gasteiger partial charge in [-0.3, -0.25) is 10.1 Å². The predicted octanol–water partition coefficient (Wildman–Crippen LogP) is 1.02. The Kier molecular flexibility index (Phi) is 4.17. The standard InChI is InChI=1S/C12H17N3O5S/c1-20-12(6-3-7-12)8-14-21(18,19)10-5-2-4-9(13)11(10)15(16)17/h2,4-5,14H,3,6-8,13H2,1H3. The summed E-state index contributed by atoms with van der Waals surface area (Å²) >= 11 is 0. The molecule has 0 spiro atoms. The molecule has 0 atom stereocenters. The number of nitro benzene ring substituents is 1. The Bertz CT molecular complexity index is 649. The Labute approximate surface area is 122 Å². The highest BCUT2D eigenvalue weighted by atomic mass is 32.2. The first kappa shape index (κ1) is 15.7. The van der Waals surface area contributed by atoms with Gasteiger partial charge in [0, 0.05) is 13.7 Å². The van der Waals surface area contributed by atoms with Crippen LogP contribution < -0.4 is 10.5 Å². The monoisotopic (exact) mass is 315 g/mol. The van der Waals surface area contributed by atoms with Gasteiger partial charge in [-0.15, -0.1) is 0 Å². The number of para-hydroxylation sites is 1. The summed E-state index contributed by atoms with van der Waals surface area (Å²) in [5.41, 5.74) is 4.20. The number of ether oxygens (including phenoxy) is 1. The van der Waals surface area contributed by atoms with E-state index in [0.717, 1.165) is 25.3 Å². The molecule has 1 saturated carbocycles. The van der Waals surface area contributed by atoms with Crippen molar-refractivity contribution in [1.82, 2.24) is 4.72 Å². The molecule has 1 fully saturated rings. The fraction of sp³-hybridized carbons (Fsp3) is 0.500. The Morgan fingerprint density at radius 1 is 1.48 bits per heavy atom. The molecule has 1 aliphatic rings. The average Bonchev–Trinajstić information content (AvgIpc) is 2.37. The van der Waals surface area contributed by atoms with E-state index in [-0.39, 0.29) is 12.2 Å². The molecule has 1 aromatic rings. The second-order valence-corrected chi connectivity index (χ2v) is 6.75. The van der Waals surface area contributed by atoms with Gasteiger partial charge in [0.15, 0.2) is 4.90 Å². The van der Waals surface area contributed by atoms with Crippen LogP contribution in [-0.4, -0.2) is 32.6 Å². The summed E-state index contributed by atoms with van der Waals surface area (Å²) in [5, 5.41) is 11.0. The van der Waals surface area contributed by atoms with Crippen molar-refractivity contribution in [2.24, 2.45) is 0 Å². The highest BCUT2D eigenvalue weighted by molar-refractivity contribution is 7.89. The van der Waals surface area contributed by atoms with Crippen molar-refractivity contribution in [3.63, 3.8) is 0 Å². The lowest BCUT2D eigenvalue weighted by atomic mass is 9.80. The summed E-state index contributed by atoms with van der Waals surface area (Å²) in [6, 6.07) is 3.82. The molecule has 116 valence electrons. The Morgan fingerprint density at radius 3 is 2.62 bits per heavy atom. The quantitative estimate of drug-likeness (QED) is 0.459. The largest absolute Gasteiger partial charge is 0.393 e. The van der Waals surface area contributed by atoms with Crippen molar-refractivity contribution in [3.05, 3.63) is 28.3 Å². The number of rotatable bonds is 6. The van der Waals surface area contributed by atoms with E-state index in [1.807, 2.05) is 0 Å². The molecule has 0 heterocycles. The van der Waals surface area contributed by atoms with Crippen molar-refractivity contribution < 1.29 is 18.1 Å². The number of nitrogens with one attached hydrogen (secondary N) is 1. The van der Waals surface area contributed by atoms with Crippen molar-refractivity contribution in [1.29, 1.82) is 0 Å². The minimum atomic E-state index is -4.03. The van der Waals surface area contributed by atoms with Gasteiger partial charge >= 0.3 is 5.69 Å². The highest BCUT2D eigenvalue weighted by Crippen LogP contribution is 2.35. The molecule has 0 aliphatic heterocycles. The SMILES string of the molecule is COC1(CNS(=O)(=O)c2cccc(N)c2[N+](=O)[O-])CCC1. The molecule has 1 aromatic carbocycles. The molecular formula is C12H17N3O5S. The lowest BCUT2D eigenvalue weighted by Gasteiger charge is -2.40. The number of methoxy groups -OCH3 is 1. The van der Waals surface area contributed by atoms with E-state index in [1.165, 1.54) is 19.2 Å². The third-order valence-electron chi connectivity index (χ3n) is 3.78. The molecule has 1 aliphatic carbocycles. The summed E-state index contributed by atoms with van der Waals surface area (Å²) in [7, 11) is -2.51. The third kappa shape index (κ3) is 2.99. The zero-order chi connectivity index (χ0) is 15.7. The average molecular weight is 315 g/mol.